The summed E-state index contributed by atoms with van der Waals surface area (Å²) in [5.74, 6) is 0. The van der Waals surface area contributed by atoms with Gasteiger partial charge in [0.15, 0.2) is 0 Å². The summed E-state index contributed by atoms with van der Waals surface area (Å²) in [7, 11) is 0. The molecule has 0 aromatic carbocycles. The van der Waals surface area contributed by atoms with E-state index in [0.29, 0.717) is 0 Å². The molecular formula is C8H7Br2N3S2. The molecule has 0 bridgehead atoms. The van der Waals surface area contributed by atoms with E-state index in [9.17, 15) is 0 Å². The minimum absolute atomic E-state index is 0.781. The summed E-state index contributed by atoms with van der Waals surface area (Å²) >= 11 is 10.2. The number of anilines is 1. The summed E-state index contributed by atoms with van der Waals surface area (Å²) in [4.78, 5) is 1.25. The topological polar surface area (TPSA) is 37.8 Å². The quantitative estimate of drug-likeness (QED) is 0.888. The van der Waals surface area contributed by atoms with Crippen LogP contribution < -0.4 is 5.32 Å². The summed E-state index contributed by atoms with van der Waals surface area (Å²) in [6, 6.07) is 2.09. The smallest absolute Gasteiger partial charge is 0.205 e. The van der Waals surface area contributed by atoms with Gasteiger partial charge in [0.05, 0.1) is 10.3 Å². The Bertz CT molecular complexity index is 447. The Labute approximate surface area is 112 Å². The van der Waals surface area contributed by atoms with Crippen molar-refractivity contribution in [1.82, 2.24) is 10.2 Å². The van der Waals surface area contributed by atoms with Crippen molar-refractivity contribution < 1.29 is 0 Å². The number of hydrogen-bond acceptors (Lipinski definition) is 5. The van der Waals surface area contributed by atoms with Crippen LogP contribution in [0, 0.1) is 6.92 Å². The fourth-order valence-electron chi connectivity index (χ4n) is 1.01. The lowest BCUT2D eigenvalue weighted by atomic mass is 10.5. The van der Waals surface area contributed by atoms with Gasteiger partial charge in [-0.25, -0.2) is 0 Å². The Morgan fingerprint density at radius 2 is 2.13 bits per heavy atom. The Morgan fingerprint density at radius 3 is 2.67 bits per heavy atom. The normalized spacial score (nSPS) is 10.6. The highest BCUT2D eigenvalue weighted by Crippen LogP contribution is 2.32. The van der Waals surface area contributed by atoms with Crippen LogP contribution in [-0.4, -0.2) is 10.2 Å². The molecule has 3 nitrogen and oxygen atoms in total. The first-order chi connectivity index (χ1) is 7.15. The largest absolute Gasteiger partial charge is 0.355 e. The highest BCUT2D eigenvalue weighted by molar-refractivity contribution is 9.13. The molecule has 7 heteroatoms. The number of rotatable bonds is 3. The van der Waals surface area contributed by atoms with Crippen molar-refractivity contribution in [3.8, 4) is 0 Å². The number of hydrogen-bond donors (Lipinski definition) is 1. The van der Waals surface area contributed by atoms with Gasteiger partial charge in [-0.2, -0.15) is 0 Å². The molecule has 1 N–H and O–H groups in total. The van der Waals surface area contributed by atoms with Crippen LogP contribution in [-0.2, 0) is 6.54 Å². The molecule has 0 atom stereocenters. The molecule has 0 spiro atoms. The molecule has 0 fully saturated rings. The van der Waals surface area contributed by atoms with Crippen molar-refractivity contribution >= 4 is 59.7 Å². The molecule has 0 radical (unpaired) electrons. The Morgan fingerprint density at radius 1 is 1.33 bits per heavy atom. The van der Waals surface area contributed by atoms with Crippen LogP contribution in [0.1, 0.15) is 9.88 Å². The zero-order valence-corrected chi connectivity index (χ0v) is 12.6. The minimum atomic E-state index is 0.781. The number of aromatic nitrogens is 2. The molecule has 0 amide bonds. The zero-order valence-electron chi connectivity index (χ0n) is 7.75. The summed E-state index contributed by atoms with van der Waals surface area (Å²) in [5.41, 5.74) is 0. The van der Waals surface area contributed by atoms with Crippen LogP contribution in [0.2, 0.25) is 0 Å². The second-order valence-electron chi connectivity index (χ2n) is 2.81. The van der Waals surface area contributed by atoms with Crippen LogP contribution in [0.5, 0.6) is 0 Å². The highest BCUT2D eigenvalue weighted by Gasteiger charge is 2.05. The van der Waals surface area contributed by atoms with Crippen molar-refractivity contribution in [3.05, 3.63) is 24.2 Å². The van der Waals surface area contributed by atoms with Crippen molar-refractivity contribution in [1.29, 1.82) is 0 Å². The monoisotopic (exact) mass is 367 g/mol. The average Bonchev–Trinajstić information content (AvgIpc) is 2.72. The number of thiophene rings is 1. The maximum atomic E-state index is 4.00. The Hall–Kier alpha value is 0.0200. The van der Waals surface area contributed by atoms with Crippen molar-refractivity contribution in [2.24, 2.45) is 0 Å². The summed E-state index contributed by atoms with van der Waals surface area (Å²) in [6.07, 6.45) is 0. The standard InChI is InChI=1S/C8H7Br2N3S2/c1-4-12-13-8(14-4)11-3-5-2-6(9)7(10)15-5/h2H,3H2,1H3,(H,11,13). The molecule has 15 heavy (non-hydrogen) atoms. The maximum Gasteiger partial charge on any atom is 0.205 e. The highest BCUT2D eigenvalue weighted by atomic mass is 79.9. The van der Waals surface area contributed by atoms with Crippen molar-refractivity contribution in [2.75, 3.05) is 5.32 Å². The van der Waals surface area contributed by atoms with E-state index >= 15 is 0 Å². The molecule has 2 aromatic heterocycles. The minimum Gasteiger partial charge on any atom is -0.355 e. The number of nitrogens with one attached hydrogen (secondary N) is 1. The molecule has 2 heterocycles. The molecule has 0 aliphatic rings. The van der Waals surface area contributed by atoms with Gasteiger partial charge in [0.1, 0.15) is 5.01 Å². The van der Waals surface area contributed by atoms with E-state index in [-0.39, 0.29) is 0 Å². The van der Waals surface area contributed by atoms with Gasteiger partial charge in [0, 0.05) is 9.35 Å². The van der Waals surface area contributed by atoms with Crippen LogP contribution in [0.3, 0.4) is 0 Å². The SMILES string of the molecule is Cc1nnc(NCc2cc(Br)c(Br)s2)s1. The Balaban J connectivity index is 1.99. The maximum absolute atomic E-state index is 4.00. The summed E-state index contributed by atoms with van der Waals surface area (Å²) in [5, 5.41) is 13.0. The first-order valence-electron chi connectivity index (χ1n) is 4.13. The third kappa shape index (κ3) is 2.99. The molecule has 2 rings (SSSR count). The molecule has 0 saturated carbocycles. The zero-order chi connectivity index (χ0) is 10.8. The molecule has 0 unspecified atom stereocenters. The van der Waals surface area contributed by atoms with E-state index in [4.69, 9.17) is 0 Å². The molecule has 0 aliphatic heterocycles. The third-order valence-corrected chi connectivity index (χ3v) is 5.69. The van der Waals surface area contributed by atoms with Gasteiger partial charge < -0.3 is 5.32 Å². The lowest BCUT2D eigenvalue weighted by molar-refractivity contribution is 1.03. The van der Waals surface area contributed by atoms with E-state index in [1.807, 2.05) is 6.92 Å². The van der Waals surface area contributed by atoms with Crippen LogP contribution in [0.15, 0.2) is 14.3 Å². The Kier molecular flexibility index (Phi) is 3.76. The van der Waals surface area contributed by atoms with Crippen molar-refractivity contribution in [3.63, 3.8) is 0 Å². The van der Waals surface area contributed by atoms with Gasteiger partial charge in [-0.1, -0.05) is 11.3 Å². The van der Waals surface area contributed by atoms with E-state index in [0.717, 1.165) is 24.9 Å². The lowest BCUT2D eigenvalue weighted by Gasteiger charge is -1.97. The van der Waals surface area contributed by atoms with Crippen molar-refractivity contribution in [2.45, 2.75) is 13.5 Å². The van der Waals surface area contributed by atoms with E-state index < -0.39 is 0 Å². The fraction of sp³-hybridized carbons (Fsp3) is 0.250. The van der Waals surface area contributed by atoms with E-state index in [2.05, 4.69) is 53.4 Å². The molecule has 80 valence electrons. The second-order valence-corrected chi connectivity index (χ2v) is 7.30. The number of aryl methyl sites for hydroxylation is 1. The first-order valence-corrected chi connectivity index (χ1v) is 7.35. The summed E-state index contributed by atoms with van der Waals surface area (Å²) < 4.78 is 2.21. The van der Waals surface area contributed by atoms with Gasteiger partial charge in [0.25, 0.3) is 0 Å². The molecule has 0 saturated heterocycles. The van der Waals surface area contributed by atoms with E-state index in [1.165, 1.54) is 4.88 Å². The predicted octanol–water partition coefficient (Wildman–Crippen LogP) is 4.05. The fourth-order valence-corrected chi connectivity index (χ4v) is 3.71. The lowest BCUT2D eigenvalue weighted by Crippen LogP contribution is -1.96. The molecular weight excluding hydrogens is 362 g/mol. The van der Waals surface area contributed by atoms with Gasteiger partial charge in [-0.15, -0.1) is 21.5 Å². The van der Waals surface area contributed by atoms with Gasteiger partial charge >= 0.3 is 0 Å². The average molecular weight is 369 g/mol. The predicted molar refractivity (Wildman–Crippen MR) is 71.7 cm³/mol. The van der Waals surface area contributed by atoms with E-state index in [1.54, 1.807) is 22.7 Å². The molecule has 2 aromatic rings. The second kappa shape index (κ2) is 4.90. The number of halogens is 2. The molecule has 0 aliphatic carbocycles. The summed E-state index contributed by atoms with van der Waals surface area (Å²) in [6.45, 7) is 2.73. The van der Waals surface area contributed by atoms with Crippen LogP contribution in [0.4, 0.5) is 5.13 Å². The number of nitrogens with zero attached hydrogens (tertiary/aromatic N) is 2. The van der Waals surface area contributed by atoms with Crippen LogP contribution in [0.25, 0.3) is 0 Å². The third-order valence-electron chi connectivity index (χ3n) is 1.64. The van der Waals surface area contributed by atoms with Gasteiger partial charge in [-0.05, 0) is 44.8 Å². The van der Waals surface area contributed by atoms with Gasteiger partial charge in [0.2, 0.25) is 5.13 Å². The van der Waals surface area contributed by atoms with Gasteiger partial charge in [-0.3, -0.25) is 0 Å². The van der Waals surface area contributed by atoms with Crippen LogP contribution >= 0.6 is 54.5 Å². The first kappa shape index (κ1) is 11.5.